The maximum absolute atomic E-state index is 11.6. The normalized spacial score (nSPS) is 11.1. The van der Waals surface area contributed by atoms with Gasteiger partial charge in [-0.3, -0.25) is 15.0 Å². The van der Waals surface area contributed by atoms with Gasteiger partial charge in [-0.2, -0.15) is 0 Å². The number of hydrogen-bond donors (Lipinski definition) is 2. The molecule has 0 radical (unpaired) electrons. The molecule has 0 aliphatic rings. The first-order chi connectivity index (χ1) is 8.34. The third kappa shape index (κ3) is 3.48. The number of hydrogen-bond acceptors (Lipinski definition) is 6. The van der Waals surface area contributed by atoms with E-state index >= 15 is 0 Å². The largest absolute Gasteiger partial charge is 0.479 e. The number of nitrogens with zero attached hydrogens (tertiary/aromatic N) is 1. The molecule has 1 aromatic rings. The van der Waals surface area contributed by atoms with Crippen molar-refractivity contribution >= 4 is 21.7 Å². The molecule has 1 aromatic carbocycles. The van der Waals surface area contributed by atoms with Gasteiger partial charge in [0.15, 0.2) is 11.5 Å². The molecule has 0 saturated heterocycles. The molecule has 0 spiro atoms. The van der Waals surface area contributed by atoms with E-state index in [1.807, 2.05) is 0 Å². The van der Waals surface area contributed by atoms with Crippen molar-refractivity contribution in [1.82, 2.24) is 4.89 Å². The van der Waals surface area contributed by atoms with Crippen LogP contribution in [0.4, 0.5) is 5.69 Å². The van der Waals surface area contributed by atoms with E-state index in [-0.39, 0.29) is 0 Å². The van der Waals surface area contributed by atoms with E-state index < -0.39 is 38.1 Å². The van der Waals surface area contributed by atoms with Crippen LogP contribution < -0.4 is 4.89 Å². The summed E-state index contributed by atoms with van der Waals surface area (Å²) in [5.74, 6) is -1.39. The molecular weight excluding hydrogens is 268 g/mol. The van der Waals surface area contributed by atoms with Crippen LogP contribution in [-0.2, 0) is 19.7 Å². The van der Waals surface area contributed by atoms with Crippen LogP contribution in [0, 0.1) is 10.1 Å². The van der Waals surface area contributed by atoms with Gasteiger partial charge in [-0.05, 0) is 6.07 Å². The Morgan fingerprint density at radius 2 is 2.06 bits per heavy atom. The number of benzene rings is 1. The highest BCUT2D eigenvalue weighted by Gasteiger charge is 2.25. The average molecular weight is 276 g/mol. The first-order valence-corrected chi connectivity index (χ1v) is 5.91. The zero-order valence-electron chi connectivity index (χ0n) is 8.77. The number of para-hydroxylation sites is 1. The van der Waals surface area contributed by atoms with Crippen molar-refractivity contribution in [2.45, 2.75) is 4.90 Å². The Morgan fingerprint density at radius 3 is 2.61 bits per heavy atom. The fourth-order valence-corrected chi connectivity index (χ4v) is 2.03. The number of nitrogens with one attached hydrogen (secondary N) is 1. The molecule has 0 bridgehead atoms. The van der Waals surface area contributed by atoms with Crippen molar-refractivity contribution in [3.8, 4) is 0 Å². The number of nitro groups is 1. The summed E-state index contributed by atoms with van der Waals surface area (Å²) in [6, 6.07) is 4.60. The smallest absolute Gasteiger partial charge is 0.331 e. The number of rotatable bonds is 6. The van der Waals surface area contributed by atoms with Gasteiger partial charge in [-0.1, -0.05) is 17.0 Å². The molecule has 0 saturated carbocycles. The third-order valence-electron chi connectivity index (χ3n) is 1.72. The van der Waals surface area contributed by atoms with E-state index in [0.717, 1.165) is 12.1 Å². The highest BCUT2D eigenvalue weighted by atomic mass is 32.2. The summed E-state index contributed by atoms with van der Waals surface area (Å²) in [4.78, 5) is 25.0. The van der Waals surface area contributed by atoms with Gasteiger partial charge >= 0.3 is 5.97 Å². The summed E-state index contributed by atoms with van der Waals surface area (Å²) in [5, 5.41) is 18.9. The molecular formula is C8H8N2O7S. The van der Waals surface area contributed by atoms with Crippen molar-refractivity contribution in [3.05, 3.63) is 34.4 Å². The summed E-state index contributed by atoms with van der Waals surface area (Å²) in [6.07, 6.45) is 0. The Kier molecular flexibility index (Phi) is 4.31. The van der Waals surface area contributed by atoms with E-state index in [1.54, 1.807) is 0 Å². The maximum atomic E-state index is 11.6. The number of carboxylic acid groups (broad SMARTS) is 1. The Morgan fingerprint density at radius 1 is 1.44 bits per heavy atom. The minimum absolute atomic E-state index is 0.611. The molecule has 0 atom stereocenters. The lowest BCUT2D eigenvalue weighted by atomic mass is 10.3. The standard InChI is InChI=1S/C8H8N2O7S/c11-8(12)5-17-9-18(15,16)7-4-2-1-3-6(7)10(13)14/h1-4,9H,5H2,(H,11,12). The van der Waals surface area contributed by atoms with Crippen LogP contribution in [0.1, 0.15) is 0 Å². The second-order valence-corrected chi connectivity index (χ2v) is 4.61. The summed E-state index contributed by atoms with van der Waals surface area (Å²) < 4.78 is 23.2. The maximum Gasteiger partial charge on any atom is 0.331 e. The fourth-order valence-electron chi connectivity index (χ4n) is 1.05. The van der Waals surface area contributed by atoms with Gasteiger partial charge in [0, 0.05) is 6.07 Å². The summed E-state index contributed by atoms with van der Waals surface area (Å²) in [6.45, 7) is -0.903. The first kappa shape index (κ1) is 14.0. The molecule has 10 heteroatoms. The van der Waals surface area contributed by atoms with Gasteiger partial charge < -0.3 is 5.11 Å². The van der Waals surface area contributed by atoms with Gasteiger partial charge in [0.1, 0.15) is 0 Å². The van der Waals surface area contributed by atoms with Crippen molar-refractivity contribution in [2.24, 2.45) is 0 Å². The van der Waals surface area contributed by atoms with E-state index in [4.69, 9.17) is 5.11 Å². The Hall–Kier alpha value is -2.04. The zero-order chi connectivity index (χ0) is 13.8. The van der Waals surface area contributed by atoms with Gasteiger partial charge in [0.25, 0.3) is 15.7 Å². The lowest BCUT2D eigenvalue weighted by molar-refractivity contribution is -0.387. The second-order valence-electron chi connectivity index (χ2n) is 2.99. The number of nitro benzene ring substituents is 1. The molecule has 0 unspecified atom stereocenters. The van der Waals surface area contributed by atoms with Crippen LogP contribution >= 0.6 is 0 Å². The molecule has 0 heterocycles. The molecule has 98 valence electrons. The first-order valence-electron chi connectivity index (χ1n) is 4.43. The van der Waals surface area contributed by atoms with E-state index in [1.165, 1.54) is 17.0 Å². The Bertz CT molecular complexity index is 569. The molecule has 1 rings (SSSR count). The van der Waals surface area contributed by atoms with Gasteiger partial charge in [0.2, 0.25) is 0 Å². The van der Waals surface area contributed by atoms with Crippen molar-refractivity contribution in [1.29, 1.82) is 0 Å². The third-order valence-corrected chi connectivity index (χ3v) is 2.98. The zero-order valence-corrected chi connectivity index (χ0v) is 9.59. The fraction of sp³-hybridized carbons (Fsp3) is 0.125. The quantitative estimate of drug-likeness (QED) is 0.546. The van der Waals surface area contributed by atoms with Crippen LogP contribution in [0.2, 0.25) is 0 Å². The predicted molar refractivity (Wildman–Crippen MR) is 57.0 cm³/mol. The summed E-state index contributed by atoms with van der Waals surface area (Å²) in [5.41, 5.74) is -0.635. The van der Waals surface area contributed by atoms with Crippen molar-refractivity contribution in [2.75, 3.05) is 6.61 Å². The van der Waals surface area contributed by atoms with Crippen molar-refractivity contribution < 1.29 is 28.1 Å². The topological polar surface area (TPSA) is 136 Å². The minimum Gasteiger partial charge on any atom is -0.479 e. The van der Waals surface area contributed by atoms with Crippen LogP contribution in [0.3, 0.4) is 0 Å². The van der Waals surface area contributed by atoms with E-state index in [2.05, 4.69) is 4.84 Å². The molecule has 0 aliphatic carbocycles. The molecule has 0 amide bonds. The van der Waals surface area contributed by atoms with Gasteiger partial charge in [0.05, 0.1) is 4.92 Å². The number of sulfonamides is 1. The van der Waals surface area contributed by atoms with Crippen LogP contribution in [-0.4, -0.2) is 31.0 Å². The van der Waals surface area contributed by atoms with Crippen LogP contribution in [0.25, 0.3) is 0 Å². The Labute approximate surface area is 101 Å². The van der Waals surface area contributed by atoms with Gasteiger partial charge in [-0.15, -0.1) is 0 Å². The highest BCUT2D eigenvalue weighted by Crippen LogP contribution is 2.22. The molecule has 0 aliphatic heterocycles. The molecule has 0 fully saturated rings. The van der Waals surface area contributed by atoms with Crippen LogP contribution in [0.15, 0.2) is 29.2 Å². The van der Waals surface area contributed by atoms with E-state index in [0.29, 0.717) is 0 Å². The lowest BCUT2D eigenvalue weighted by Crippen LogP contribution is -2.27. The monoisotopic (exact) mass is 276 g/mol. The molecule has 0 aromatic heterocycles. The van der Waals surface area contributed by atoms with E-state index in [9.17, 15) is 23.3 Å². The highest BCUT2D eigenvalue weighted by molar-refractivity contribution is 7.89. The summed E-state index contributed by atoms with van der Waals surface area (Å²) in [7, 11) is -4.31. The number of carbonyl (C=O) groups is 1. The van der Waals surface area contributed by atoms with Gasteiger partial charge in [-0.25, -0.2) is 13.2 Å². The number of aliphatic carboxylic acids is 1. The Balaban J connectivity index is 2.98. The molecule has 9 nitrogen and oxygen atoms in total. The number of carboxylic acids is 1. The van der Waals surface area contributed by atoms with Crippen LogP contribution in [0.5, 0.6) is 0 Å². The predicted octanol–water partition coefficient (Wildman–Crippen LogP) is -0.111. The molecule has 18 heavy (non-hydrogen) atoms. The lowest BCUT2D eigenvalue weighted by Gasteiger charge is -2.05. The minimum atomic E-state index is -4.31. The average Bonchev–Trinajstić information content (AvgIpc) is 2.28. The van der Waals surface area contributed by atoms with Crippen molar-refractivity contribution in [3.63, 3.8) is 0 Å². The SMILES string of the molecule is O=C(O)CONS(=O)(=O)c1ccccc1[N+](=O)[O-]. The second kappa shape index (κ2) is 5.53. The summed E-state index contributed by atoms with van der Waals surface area (Å²) >= 11 is 0. The molecule has 2 N–H and O–H groups in total.